The average Bonchev–Trinajstić information content (AvgIpc) is 3.09. The Bertz CT molecular complexity index is 1130. The number of alkyl halides is 3. The van der Waals surface area contributed by atoms with Crippen LogP contribution in [0.5, 0.6) is 0 Å². The Kier molecular flexibility index (Phi) is 5.68. The molecule has 0 heterocycles. The highest BCUT2D eigenvalue weighted by Gasteiger charge is 2.30. The Hall–Kier alpha value is -3.72. The van der Waals surface area contributed by atoms with E-state index in [0.29, 0.717) is 0 Å². The number of alkyl carbamates (subject to hydrolysis) is 1. The molecule has 1 aliphatic carbocycles. The van der Waals surface area contributed by atoms with Crippen LogP contribution in [0.25, 0.3) is 11.1 Å². The predicted octanol–water partition coefficient (Wildman–Crippen LogP) is 5.60. The molecule has 0 bridgehead atoms. The highest BCUT2D eigenvalue weighted by Crippen LogP contribution is 2.44. The van der Waals surface area contributed by atoms with Gasteiger partial charge in [-0.3, -0.25) is 0 Å². The molecule has 1 amide bonds. The second-order valence-electron chi connectivity index (χ2n) is 7.06. The molecular weight excluding hydrogens is 403 g/mol. The van der Waals surface area contributed by atoms with Gasteiger partial charge in [-0.15, -0.1) is 0 Å². The van der Waals surface area contributed by atoms with Gasteiger partial charge in [0.1, 0.15) is 6.61 Å². The van der Waals surface area contributed by atoms with Crippen molar-refractivity contribution in [2.45, 2.75) is 12.1 Å². The first kappa shape index (κ1) is 20.5. The molecule has 0 atom stereocenters. The fraction of sp³-hybridized carbons (Fsp3) is 0.160. The van der Waals surface area contributed by atoms with Crippen molar-refractivity contribution in [3.8, 4) is 23.0 Å². The predicted molar refractivity (Wildman–Crippen MR) is 111 cm³/mol. The van der Waals surface area contributed by atoms with Crippen molar-refractivity contribution in [3.05, 3.63) is 95.1 Å². The molecule has 0 saturated carbocycles. The monoisotopic (exact) mass is 421 g/mol. The minimum absolute atomic E-state index is 0.0348. The van der Waals surface area contributed by atoms with Crippen molar-refractivity contribution in [2.24, 2.45) is 0 Å². The lowest BCUT2D eigenvalue weighted by Gasteiger charge is -2.14. The SMILES string of the molecule is O=C(NCC#Cc1cccc(C(F)(F)F)c1)OCC1c2ccccc2-c2ccccc21. The maximum atomic E-state index is 12.7. The summed E-state index contributed by atoms with van der Waals surface area (Å²) in [6.45, 7) is 0.147. The maximum Gasteiger partial charge on any atom is 0.416 e. The zero-order valence-corrected chi connectivity index (χ0v) is 16.4. The van der Waals surface area contributed by atoms with Crippen LogP contribution in [0.15, 0.2) is 72.8 Å². The summed E-state index contributed by atoms with van der Waals surface area (Å²) in [5.41, 5.74) is 3.97. The summed E-state index contributed by atoms with van der Waals surface area (Å²) < 4.78 is 43.6. The van der Waals surface area contributed by atoms with Crippen LogP contribution in [0.3, 0.4) is 0 Å². The second kappa shape index (κ2) is 8.57. The highest BCUT2D eigenvalue weighted by molar-refractivity contribution is 5.79. The van der Waals surface area contributed by atoms with E-state index in [1.54, 1.807) is 0 Å². The van der Waals surface area contributed by atoms with E-state index in [2.05, 4.69) is 29.3 Å². The summed E-state index contributed by atoms with van der Waals surface area (Å²) in [6.07, 6.45) is -5.04. The molecule has 156 valence electrons. The summed E-state index contributed by atoms with van der Waals surface area (Å²) in [6, 6.07) is 20.8. The third-order valence-electron chi connectivity index (χ3n) is 5.09. The first-order chi connectivity index (χ1) is 14.9. The molecule has 3 aromatic rings. The Balaban J connectivity index is 1.34. The van der Waals surface area contributed by atoms with Crippen molar-refractivity contribution < 1.29 is 22.7 Å². The Morgan fingerprint density at radius 1 is 0.935 bits per heavy atom. The Morgan fingerprint density at radius 2 is 1.58 bits per heavy atom. The van der Waals surface area contributed by atoms with Crippen molar-refractivity contribution in [1.29, 1.82) is 0 Å². The molecule has 0 saturated heterocycles. The van der Waals surface area contributed by atoms with Gasteiger partial charge in [0.15, 0.2) is 0 Å². The third-order valence-corrected chi connectivity index (χ3v) is 5.09. The van der Waals surface area contributed by atoms with E-state index in [1.807, 2.05) is 36.4 Å². The number of nitrogens with one attached hydrogen (secondary N) is 1. The number of rotatable bonds is 3. The summed E-state index contributed by atoms with van der Waals surface area (Å²) >= 11 is 0. The highest BCUT2D eigenvalue weighted by atomic mass is 19.4. The molecule has 0 radical (unpaired) electrons. The minimum atomic E-state index is -4.42. The van der Waals surface area contributed by atoms with Crippen LogP contribution >= 0.6 is 0 Å². The van der Waals surface area contributed by atoms with Gasteiger partial charge >= 0.3 is 12.3 Å². The van der Waals surface area contributed by atoms with E-state index >= 15 is 0 Å². The van der Waals surface area contributed by atoms with Crippen LogP contribution in [-0.2, 0) is 10.9 Å². The van der Waals surface area contributed by atoms with Crippen molar-refractivity contribution in [2.75, 3.05) is 13.2 Å². The quantitative estimate of drug-likeness (QED) is 0.560. The van der Waals surface area contributed by atoms with Crippen LogP contribution in [0.1, 0.15) is 28.2 Å². The van der Waals surface area contributed by atoms with Gasteiger partial charge in [0.2, 0.25) is 0 Å². The fourth-order valence-electron chi connectivity index (χ4n) is 3.69. The Labute approximate surface area is 177 Å². The van der Waals surface area contributed by atoms with Gasteiger partial charge in [0.05, 0.1) is 12.1 Å². The van der Waals surface area contributed by atoms with Crippen LogP contribution in [0, 0.1) is 11.8 Å². The lowest BCUT2D eigenvalue weighted by molar-refractivity contribution is -0.137. The number of hydrogen-bond acceptors (Lipinski definition) is 2. The normalized spacial score (nSPS) is 12.4. The molecule has 6 heteroatoms. The number of ether oxygens (including phenoxy) is 1. The number of hydrogen-bond donors (Lipinski definition) is 1. The van der Waals surface area contributed by atoms with E-state index in [9.17, 15) is 18.0 Å². The van der Waals surface area contributed by atoms with Crippen LogP contribution in [0.2, 0.25) is 0 Å². The summed E-state index contributed by atoms with van der Waals surface area (Å²) in [5.74, 6) is 5.21. The lowest BCUT2D eigenvalue weighted by atomic mass is 9.98. The van der Waals surface area contributed by atoms with Crippen LogP contribution < -0.4 is 5.32 Å². The average molecular weight is 421 g/mol. The zero-order chi connectivity index (χ0) is 21.8. The summed E-state index contributed by atoms with van der Waals surface area (Å²) in [5, 5.41) is 2.51. The molecule has 0 unspecified atom stereocenters. The van der Waals surface area contributed by atoms with Gasteiger partial charge in [-0.1, -0.05) is 66.4 Å². The number of halogens is 3. The van der Waals surface area contributed by atoms with Gasteiger partial charge in [0.25, 0.3) is 0 Å². The van der Waals surface area contributed by atoms with E-state index in [1.165, 1.54) is 12.1 Å². The summed E-state index contributed by atoms with van der Waals surface area (Å²) in [4.78, 5) is 12.1. The minimum Gasteiger partial charge on any atom is -0.449 e. The molecule has 1 N–H and O–H groups in total. The number of carbonyl (C=O) groups is 1. The van der Waals surface area contributed by atoms with E-state index in [4.69, 9.17) is 4.74 Å². The molecule has 3 aromatic carbocycles. The lowest BCUT2D eigenvalue weighted by Crippen LogP contribution is -2.26. The van der Waals surface area contributed by atoms with Gasteiger partial charge in [0, 0.05) is 11.5 Å². The maximum absolute atomic E-state index is 12.7. The van der Waals surface area contributed by atoms with Crippen molar-refractivity contribution >= 4 is 6.09 Å². The van der Waals surface area contributed by atoms with E-state index in [-0.39, 0.29) is 24.6 Å². The fourth-order valence-corrected chi connectivity index (χ4v) is 3.69. The largest absolute Gasteiger partial charge is 0.449 e. The zero-order valence-electron chi connectivity index (χ0n) is 16.4. The second-order valence-corrected chi connectivity index (χ2v) is 7.06. The molecule has 3 nitrogen and oxygen atoms in total. The molecule has 0 fully saturated rings. The standard InChI is InChI=1S/C25H18F3NO2/c26-25(27,28)18-9-5-7-17(15-18)8-6-14-29-24(30)31-16-23-21-12-3-1-10-19(21)20-11-2-4-13-22(20)23/h1-5,7,9-13,15,23H,14,16H2,(H,29,30). The number of benzene rings is 3. The molecule has 31 heavy (non-hydrogen) atoms. The smallest absolute Gasteiger partial charge is 0.416 e. The number of fused-ring (bicyclic) bond motifs is 3. The number of amides is 1. The first-order valence-electron chi connectivity index (χ1n) is 9.68. The van der Waals surface area contributed by atoms with Gasteiger partial charge < -0.3 is 10.1 Å². The Morgan fingerprint density at radius 3 is 2.23 bits per heavy atom. The summed E-state index contributed by atoms with van der Waals surface area (Å²) in [7, 11) is 0. The molecule has 0 aromatic heterocycles. The molecule has 4 rings (SSSR count). The van der Waals surface area contributed by atoms with Gasteiger partial charge in [-0.2, -0.15) is 13.2 Å². The number of carbonyl (C=O) groups excluding carboxylic acids is 1. The van der Waals surface area contributed by atoms with Crippen molar-refractivity contribution in [3.63, 3.8) is 0 Å². The van der Waals surface area contributed by atoms with E-state index in [0.717, 1.165) is 34.4 Å². The van der Waals surface area contributed by atoms with Crippen LogP contribution in [0.4, 0.5) is 18.0 Å². The molecule has 1 aliphatic rings. The van der Waals surface area contributed by atoms with Gasteiger partial charge in [-0.05, 0) is 40.5 Å². The van der Waals surface area contributed by atoms with E-state index < -0.39 is 17.8 Å². The third kappa shape index (κ3) is 4.56. The van der Waals surface area contributed by atoms with Crippen molar-refractivity contribution in [1.82, 2.24) is 5.32 Å². The topological polar surface area (TPSA) is 38.3 Å². The first-order valence-corrected chi connectivity index (χ1v) is 9.68. The van der Waals surface area contributed by atoms with Gasteiger partial charge in [-0.25, -0.2) is 4.79 Å². The molecular formula is C25H18F3NO2. The molecule has 0 aliphatic heterocycles. The molecule has 0 spiro atoms. The van der Waals surface area contributed by atoms with Crippen LogP contribution in [-0.4, -0.2) is 19.2 Å².